The van der Waals surface area contributed by atoms with Crippen LogP contribution in [0.25, 0.3) is 22.0 Å². The van der Waals surface area contributed by atoms with Crippen LogP contribution < -0.4 is 58.1 Å². The van der Waals surface area contributed by atoms with Gasteiger partial charge in [0.05, 0.1) is 56.6 Å². The van der Waals surface area contributed by atoms with Crippen molar-refractivity contribution in [3.63, 3.8) is 0 Å². The van der Waals surface area contributed by atoms with E-state index in [0.717, 1.165) is 38.0 Å². The van der Waals surface area contributed by atoms with Crippen molar-refractivity contribution in [3.05, 3.63) is 189 Å². The van der Waals surface area contributed by atoms with Gasteiger partial charge in [-0.15, -0.1) is 0 Å². The Balaban J connectivity index is 0.498. The number of likely N-dealkylation sites (tertiary alicyclic amines) is 1. The number of piperidine rings is 1. The second kappa shape index (κ2) is 39.5. The van der Waals surface area contributed by atoms with Crippen LogP contribution in [0.3, 0.4) is 0 Å². The average molecular weight is 1630 g/mol. The topological polar surface area (TPSA) is 423 Å². The van der Waals surface area contributed by atoms with Gasteiger partial charge in [0.25, 0.3) is 41.0 Å². The van der Waals surface area contributed by atoms with Crippen LogP contribution in [0.5, 0.6) is 11.5 Å². The van der Waals surface area contributed by atoms with E-state index >= 15 is 0 Å². The number of fused-ring (bicyclic) bond motifs is 1. The van der Waals surface area contributed by atoms with Gasteiger partial charge >= 0.3 is 0 Å². The van der Waals surface area contributed by atoms with Crippen molar-refractivity contribution in [3.8, 4) is 34.5 Å². The molecule has 0 saturated carbocycles. The number of carbonyl (C=O) groups excluding carboxylic acids is 9. The van der Waals surface area contributed by atoms with Crippen LogP contribution in [-0.2, 0) is 76.5 Å². The van der Waals surface area contributed by atoms with Gasteiger partial charge in [0.1, 0.15) is 39.9 Å². The molecule has 1 fully saturated rings. The van der Waals surface area contributed by atoms with Crippen molar-refractivity contribution in [2.45, 2.75) is 65.4 Å². The minimum atomic E-state index is -1.22. The molecule has 626 valence electrons. The molecule has 0 unspecified atom stereocenters. The van der Waals surface area contributed by atoms with E-state index < -0.39 is 52.9 Å². The number of pyridine rings is 1. The number of aromatic amines is 1. The van der Waals surface area contributed by atoms with Gasteiger partial charge < -0.3 is 109 Å². The predicted molar refractivity (Wildman–Crippen MR) is 441 cm³/mol. The van der Waals surface area contributed by atoms with Gasteiger partial charge in [0, 0.05) is 171 Å². The number of halogens is 1. The lowest BCUT2D eigenvalue weighted by atomic mass is 9.93. The first-order chi connectivity index (χ1) is 56.9. The number of ether oxygens (including phenoxy) is 4. The number of amides is 9. The van der Waals surface area contributed by atoms with Gasteiger partial charge in [-0.25, -0.2) is 19.3 Å². The lowest BCUT2D eigenvalue weighted by Crippen LogP contribution is -2.35. The largest absolute Gasteiger partial charge is 0.456 e. The van der Waals surface area contributed by atoms with Gasteiger partial charge in [-0.05, 0) is 137 Å². The van der Waals surface area contributed by atoms with E-state index in [2.05, 4.69) is 84.5 Å². The van der Waals surface area contributed by atoms with Crippen molar-refractivity contribution < 1.29 is 71.6 Å². The Morgan fingerprint density at radius 3 is 1.66 bits per heavy atom. The van der Waals surface area contributed by atoms with Crippen molar-refractivity contribution >= 4 is 92.8 Å². The number of aryl methyl sites for hydroxylation is 8. The quantitative estimate of drug-likeness (QED) is 0.0147. The number of nitrogens with zero attached hydrogens (tertiary/aromatic N) is 10. The fraction of sp³-hybridized carbons (Fsp3) is 0.361. The molecule has 36 heteroatoms. The third kappa shape index (κ3) is 23.3. The number of imidazole rings is 3. The Labute approximate surface area is 684 Å². The molecular weight excluding hydrogens is 1540 g/mol. The van der Waals surface area contributed by atoms with E-state index in [1.165, 1.54) is 71.9 Å². The van der Waals surface area contributed by atoms with Crippen LogP contribution in [0.4, 0.5) is 33.1 Å². The molecule has 0 atom stereocenters. The molecule has 35 nitrogen and oxygen atoms in total. The lowest BCUT2D eigenvalue weighted by Gasteiger charge is -2.29. The van der Waals surface area contributed by atoms with Crippen LogP contribution in [0.1, 0.15) is 132 Å². The maximum absolute atomic E-state index is 14.3. The summed E-state index contributed by atoms with van der Waals surface area (Å²) in [6.45, 7) is 11.9. The molecule has 11 N–H and O–H groups in total. The maximum atomic E-state index is 14.3. The summed E-state index contributed by atoms with van der Waals surface area (Å²) < 4.78 is 46.6. The zero-order valence-corrected chi connectivity index (χ0v) is 67.8. The molecule has 1 saturated heterocycles. The van der Waals surface area contributed by atoms with Gasteiger partial charge in [0.15, 0.2) is 17.5 Å². The van der Waals surface area contributed by atoms with Crippen molar-refractivity contribution in [1.29, 1.82) is 0 Å². The van der Waals surface area contributed by atoms with E-state index in [1.54, 1.807) is 130 Å². The smallest absolute Gasteiger partial charge is 0.291 e. The molecule has 9 amide bonds. The Morgan fingerprint density at radius 2 is 1.08 bits per heavy atom. The molecule has 0 radical (unpaired) electrons. The zero-order chi connectivity index (χ0) is 85.2. The van der Waals surface area contributed by atoms with Crippen molar-refractivity contribution in [2.75, 3.05) is 112 Å². The van der Waals surface area contributed by atoms with Gasteiger partial charge in [-0.2, -0.15) is 0 Å². The molecule has 3 aromatic carbocycles. The second-order valence-corrected chi connectivity index (χ2v) is 29.2. The van der Waals surface area contributed by atoms with Crippen molar-refractivity contribution in [1.82, 2.24) is 73.5 Å². The zero-order valence-electron chi connectivity index (χ0n) is 67.8. The number of hydrogen-bond acceptors (Lipinski definition) is 19. The molecule has 8 heterocycles. The Kier molecular flexibility index (Phi) is 28.7. The first kappa shape index (κ1) is 86.5. The van der Waals surface area contributed by atoms with Gasteiger partial charge in [-0.3, -0.25) is 47.9 Å². The monoisotopic (exact) mass is 1630 g/mol. The minimum absolute atomic E-state index is 0.00986. The molecular formula is C83H97FN20O15. The molecule has 1 aliphatic rings. The van der Waals surface area contributed by atoms with Crippen LogP contribution in [0.15, 0.2) is 121 Å². The highest BCUT2D eigenvalue weighted by Crippen LogP contribution is 2.41. The molecule has 7 aromatic heterocycles. The van der Waals surface area contributed by atoms with E-state index in [-0.39, 0.29) is 133 Å². The number of aromatic nitrogens is 10. The Hall–Kier alpha value is -13.3. The standard InChI is InChI=1S/C83H97FN20O15/c1-50-39-55(84)40-51(2)72(50)119-65-18-15-54(83(3,4)115)41-59(65)61-47-103(10)82(114)71-60(61)44-62(93-71)76(108)90-56-16-13-52(14-17-56)11-12-53-22-29-104(30-23-53)32-34-117-36-38-118-37-35-116-33-28-85-68(105)19-24-89-79(111)74-96-66(48-101(74)8)94-69(106)20-25-88-78(110)64-43-58(46-100(64)7)92-81(113)75-97-67(49-102(75)9)95-70(107)21-26-87-77(109)63-42-57(45-99(63)6)91-80(112)73-86-27-31-98(73)5/h13-18,27,31,39-49,53,93,115H,19-26,28-30,32-38H2,1-10H3,(H,85,105)(H,87,109)(H,88,110)(H,89,111)(H,90,108)(H,91,112)(H,92,113)(H,94,106)(H,95,107). The maximum Gasteiger partial charge on any atom is 0.291 e. The first-order valence-corrected chi connectivity index (χ1v) is 38.5. The highest BCUT2D eigenvalue weighted by Gasteiger charge is 2.27. The molecule has 1 aliphatic heterocycles. The normalized spacial score (nSPS) is 12.3. The average Bonchev–Trinajstić information content (AvgIpc) is 1.66. The number of benzene rings is 3. The molecule has 11 rings (SSSR count). The summed E-state index contributed by atoms with van der Waals surface area (Å²) in [6.07, 6.45) is 12.3. The number of carbonyl (C=O) groups is 9. The number of rotatable bonds is 36. The molecule has 10 aromatic rings. The molecule has 119 heavy (non-hydrogen) atoms. The van der Waals surface area contributed by atoms with E-state index in [9.17, 15) is 57.4 Å². The third-order valence-corrected chi connectivity index (χ3v) is 19.5. The Morgan fingerprint density at radius 1 is 0.546 bits per heavy atom. The van der Waals surface area contributed by atoms with Gasteiger partial charge in [0.2, 0.25) is 29.4 Å². The lowest BCUT2D eigenvalue weighted by molar-refractivity contribution is -0.121. The fourth-order valence-electron chi connectivity index (χ4n) is 13.1. The molecule has 0 bridgehead atoms. The summed E-state index contributed by atoms with van der Waals surface area (Å²) in [5, 5.41) is 35.8. The first-order valence-electron chi connectivity index (χ1n) is 38.5. The van der Waals surface area contributed by atoms with E-state index in [4.69, 9.17) is 18.9 Å². The minimum Gasteiger partial charge on any atom is -0.456 e. The second-order valence-electron chi connectivity index (χ2n) is 29.2. The van der Waals surface area contributed by atoms with Crippen LogP contribution in [-0.4, -0.2) is 196 Å². The number of aliphatic hydroxyl groups is 1. The molecule has 0 spiro atoms. The SMILES string of the molecule is Cc1cc(F)cc(C)c1Oc1ccc(C(C)(C)O)cc1-c1cn(C)c(=O)c2[nH]c(C(=O)Nc3ccc(C#CC4CCN(CCOCCOCCOCCNC(=O)CCNC(=O)c5nc(NC(=O)CCNC(=O)c6cc(NC(=O)c7nc(NC(=O)CCNC(=O)c8cc(NC(=O)c9nccn9C)cn8C)cn7C)cn6C)cn5C)CC4)cc3)cc12. The molecule has 0 aliphatic carbocycles. The summed E-state index contributed by atoms with van der Waals surface area (Å²) in [6, 6.07) is 19.9. The third-order valence-electron chi connectivity index (χ3n) is 19.5. The Bertz CT molecular complexity index is 5520. The van der Waals surface area contributed by atoms with Crippen LogP contribution in [0.2, 0.25) is 0 Å². The highest BCUT2D eigenvalue weighted by atomic mass is 19.1. The summed E-state index contributed by atoms with van der Waals surface area (Å²) >= 11 is 0. The van der Waals surface area contributed by atoms with Crippen molar-refractivity contribution in [2.24, 2.45) is 48.2 Å². The summed E-state index contributed by atoms with van der Waals surface area (Å²) in [5.41, 5.74) is 4.08. The highest BCUT2D eigenvalue weighted by molar-refractivity contribution is 6.09. The predicted octanol–water partition coefficient (Wildman–Crippen LogP) is 6.51. The number of hydrogen-bond donors (Lipinski definition) is 11. The van der Waals surface area contributed by atoms with Gasteiger partial charge in [-0.1, -0.05) is 17.9 Å². The number of nitrogens with one attached hydrogen (secondary N) is 10. The fourth-order valence-corrected chi connectivity index (χ4v) is 13.1. The number of H-pyrrole nitrogens is 1. The summed E-state index contributed by atoms with van der Waals surface area (Å²) in [5.74, 6) is 3.31. The summed E-state index contributed by atoms with van der Waals surface area (Å²) in [4.78, 5) is 148. The van der Waals surface area contributed by atoms with E-state index in [1.807, 2.05) is 12.1 Å². The number of anilines is 5. The van der Waals surface area contributed by atoms with E-state index in [0.29, 0.717) is 89.1 Å². The van der Waals surface area contributed by atoms with Crippen LogP contribution >= 0.6 is 0 Å². The summed E-state index contributed by atoms with van der Waals surface area (Å²) in [7, 11) is 9.65. The van der Waals surface area contributed by atoms with Crippen LogP contribution in [0, 0.1) is 37.4 Å².